The van der Waals surface area contributed by atoms with Crippen molar-refractivity contribution in [1.29, 1.82) is 0 Å². The second-order valence-corrected chi connectivity index (χ2v) is 5.55. The lowest BCUT2D eigenvalue weighted by Crippen LogP contribution is -2.15. The highest BCUT2D eigenvalue weighted by molar-refractivity contribution is 7.55. The molecule has 0 amide bonds. The first-order valence-corrected chi connectivity index (χ1v) is 7.00. The molecule has 1 aliphatic rings. The summed E-state index contributed by atoms with van der Waals surface area (Å²) in [6, 6.07) is 0. The zero-order chi connectivity index (χ0) is 11.5. The lowest BCUT2D eigenvalue weighted by Gasteiger charge is -2.11. The van der Waals surface area contributed by atoms with Gasteiger partial charge >= 0.3 is 16.1 Å². The van der Waals surface area contributed by atoms with E-state index in [0.717, 1.165) is 12.8 Å². The minimum Gasteiger partial charge on any atom is -0.373 e. The first-order chi connectivity index (χ1) is 6.89. The summed E-state index contributed by atoms with van der Waals surface area (Å²) in [5.41, 5.74) is 0. The number of ether oxygens (including phenoxy) is 1. The number of hydrogen-bond donors (Lipinski definition) is 2. The fourth-order valence-electron chi connectivity index (χ4n) is 1.30. The van der Waals surface area contributed by atoms with E-state index < -0.39 is 16.1 Å². The Morgan fingerprint density at radius 3 is 2.73 bits per heavy atom. The fraction of sp³-hybridized carbons (Fsp3) is 1.00. The molecule has 88 valence electrons. The molecule has 2 N–H and O–H groups in total. The topological polar surface area (TPSA) is 102 Å². The molecule has 0 saturated carbocycles. The molecule has 1 heterocycles. The second-order valence-electron chi connectivity index (χ2n) is 3.23. The van der Waals surface area contributed by atoms with Gasteiger partial charge in [-0.3, -0.25) is 9.42 Å². The lowest BCUT2D eigenvalue weighted by atomic mass is 10.2. The van der Waals surface area contributed by atoms with E-state index in [0.29, 0.717) is 0 Å². The molecule has 1 fully saturated rings. The van der Waals surface area contributed by atoms with Gasteiger partial charge in [0.15, 0.2) is 0 Å². The molecule has 1 rings (SSSR count). The van der Waals surface area contributed by atoms with Crippen molar-refractivity contribution in [3.8, 4) is 0 Å². The van der Waals surface area contributed by atoms with Gasteiger partial charge in [-0.25, -0.2) is 4.57 Å². The third kappa shape index (κ3) is 5.13. The fourth-order valence-corrected chi connectivity index (χ4v) is 2.55. The van der Waals surface area contributed by atoms with Gasteiger partial charge < -0.3 is 4.74 Å². The Hall–Kier alpha value is 0.130. The van der Waals surface area contributed by atoms with E-state index in [9.17, 15) is 9.13 Å². The Bertz CT molecular complexity index is 281. The molecule has 3 unspecified atom stereocenters. The van der Waals surface area contributed by atoms with Crippen LogP contribution in [0.1, 0.15) is 19.8 Å². The molecule has 0 aromatic heterocycles. The summed E-state index contributed by atoms with van der Waals surface area (Å²) in [5.74, 6) is 0. The molecule has 0 aromatic carbocycles. The molecule has 0 spiro atoms. The Morgan fingerprint density at radius 1 is 1.60 bits per heavy atom. The van der Waals surface area contributed by atoms with Crippen LogP contribution in [-0.2, 0) is 22.7 Å². The summed E-state index contributed by atoms with van der Waals surface area (Å²) in [4.78, 5) is 17.2. The van der Waals surface area contributed by atoms with E-state index in [2.05, 4.69) is 8.83 Å². The SMILES string of the molecule is CC1CC[C@@H](COP(=O)(O)O[P+](=O)O)O1. The highest BCUT2D eigenvalue weighted by atomic mass is 31.2. The van der Waals surface area contributed by atoms with Crippen LogP contribution < -0.4 is 0 Å². The van der Waals surface area contributed by atoms with Gasteiger partial charge in [0.05, 0.1) is 18.8 Å². The van der Waals surface area contributed by atoms with Crippen molar-refractivity contribution >= 4 is 16.1 Å². The maximum absolute atomic E-state index is 11.0. The Kier molecular flexibility index (Phi) is 4.80. The first kappa shape index (κ1) is 13.2. The molecule has 0 aromatic rings. The van der Waals surface area contributed by atoms with Gasteiger partial charge in [0.25, 0.3) is 0 Å². The molecule has 15 heavy (non-hydrogen) atoms. The molecule has 4 atom stereocenters. The summed E-state index contributed by atoms with van der Waals surface area (Å²) in [6.45, 7) is 1.76. The average Bonchev–Trinajstić information content (AvgIpc) is 2.46. The smallest absolute Gasteiger partial charge is 0.373 e. The molecule has 0 bridgehead atoms. The second kappa shape index (κ2) is 5.46. The van der Waals surface area contributed by atoms with Crippen molar-refractivity contribution in [2.24, 2.45) is 0 Å². The van der Waals surface area contributed by atoms with Crippen LogP contribution in [-0.4, -0.2) is 28.6 Å². The van der Waals surface area contributed by atoms with E-state index in [1.807, 2.05) is 6.92 Å². The summed E-state index contributed by atoms with van der Waals surface area (Å²) < 4.78 is 34.7. The first-order valence-electron chi connectivity index (χ1n) is 4.38. The lowest BCUT2D eigenvalue weighted by molar-refractivity contribution is 0.0192. The van der Waals surface area contributed by atoms with Crippen molar-refractivity contribution < 1.29 is 32.5 Å². The van der Waals surface area contributed by atoms with Crippen molar-refractivity contribution in [3.63, 3.8) is 0 Å². The average molecular weight is 259 g/mol. The number of phosphoric ester groups is 1. The van der Waals surface area contributed by atoms with Crippen LogP contribution in [0.5, 0.6) is 0 Å². The third-order valence-corrected chi connectivity index (χ3v) is 3.78. The molecule has 7 nitrogen and oxygen atoms in total. The van der Waals surface area contributed by atoms with E-state index in [-0.39, 0.29) is 18.8 Å². The minimum absolute atomic E-state index is 0.104. The van der Waals surface area contributed by atoms with E-state index >= 15 is 0 Å². The molecular formula is C6H13O7P2+. The molecule has 1 aliphatic heterocycles. The molecule has 0 aliphatic carbocycles. The van der Waals surface area contributed by atoms with Gasteiger partial charge in [-0.15, -0.1) is 4.89 Å². The Balaban J connectivity index is 2.29. The van der Waals surface area contributed by atoms with Gasteiger partial charge in [-0.05, 0) is 24.1 Å². The van der Waals surface area contributed by atoms with Crippen molar-refractivity contribution in [2.45, 2.75) is 32.0 Å². The van der Waals surface area contributed by atoms with Crippen molar-refractivity contribution in [2.75, 3.05) is 6.61 Å². The summed E-state index contributed by atoms with van der Waals surface area (Å²) in [5, 5.41) is 0. The van der Waals surface area contributed by atoms with Gasteiger partial charge in [0, 0.05) is 4.57 Å². The van der Waals surface area contributed by atoms with Crippen LogP contribution in [0.25, 0.3) is 0 Å². The van der Waals surface area contributed by atoms with Gasteiger partial charge in [0.1, 0.15) is 0 Å². The van der Waals surface area contributed by atoms with Gasteiger partial charge in [0.2, 0.25) is 0 Å². The Labute approximate surface area is 87.9 Å². The van der Waals surface area contributed by atoms with Crippen molar-refractivity contribution in [1.82, 2.24) is 0 Å². The largest absolute Gasteiger partial charge is 0.705 e. The summed E-state index contributed by atoms with van der Waals surface area (Å²) in [6.07, 6.45) is 1.43. The predicted octanol–water partition coefficient (Wildman–Crippen LogP) is 1.34. The molecule has 0 radical (unpaired) electrons. The normalized spacial score (nSPS) is 31.3. The zero-order valence-corrected chi connectivity index (χ0v) is 9.89. The van der Waals surface area contributed by atoms with E-state index in [4.69, 9.17) is 14.5 Å². The maximum atomic E-state index is 11.0. The summed E-state index contributed by atoms with van der Waals surface area (Å²) >= 11 is 0. The van der Waals surface area contributed by atoms with Crippen LogP contribution in [0.15, 0.2) is 0 Å². The van der Waals surface area contributed by atoms with Crippen LogP contribution in [0.2, 0.25) is 0 Å². The van der Waals surface area contributed by atoms with Gasteiger partial charge in [-0.2, -0.15) is 0 Å². The molecule has 1 saturated heterocycles. The summed E-state index contributed by atoms with van der Waals surface area (Å²) in [7, 11) is -7.58. The van der Waals surface area contributed by atoms with Crippen LogP contribution in [0, 0.1) is 0 Å². The minimum atomic E-state index is -4.43. The van der Waals surface area contributed by atoms with Crippen molar-refractivity contribution in [3.05, 3.63) is 0 Å². The Morgan fingerprint density at radius 2 is 2.27 bits per heavy atom. The van der Waals surface area contributed by atoms with E-state index in [1.165, 1.54) is 0 Å². The molecular weight excluding hydrogens is 246 g/mol. The van der Waals surface area contributed by atoms with Crippen LogP contribution >= 0.6 is 16.1 Å². The van der Waals surface area contributed by atoms with Crippen LogP contribution in [0.4, 0.5) is 0 Å². The van der Waals surface area contributed by atoms with Crippen LogP contribution in [0.3, 0.4) is 0 Å². The quantitative estimate of drug-likeness (QED) is 0.718. The third-order valence-electron chi connectivity index (χ3n) is 1.92. The van der Waals surface area contributed by atoms with E-state index in [1.54, 1.807) is 0 Å². The molecule has 9 heteroatoms. The maximum Gasteiger partial charge on any atom is 0.705 e. The number of hydrogen-bond acceptors (Lipinski definition) is 5. The number of phosphoric acid groups is 1. The zero-order valence-electron chi connectivity index (χ0n) is 8.11. The van der Waals surface area contributed by atoms with Gasteiger partial charge in [-0.1, -0.05) is 0 Å². The standard InChI is InChI=1S/C6H12O7P2/c1-5-2-3-6(12-5)4-11-15(9,10)13-14(7)8/h5-6H,2-4H2,1H3,(H-,7,8,9,10)/p+1/t5?,6-/m0/s1. The highest BCUT2D eigenvalue weighted by Crippen LogP contribution is 2.50. The highest BCUT2D eigenvalue weighted by Gasteiger charge is 2.36. The predicted molar refractivity (Wildman–Crippen MR) is 50.3 cm³/mol. The number of rotatable bonds is 5. The monoisotopic (exact) mass is 259 g/mol.